The van der Waals surface area contributed by atoms with Crippen LogP contribution in [0.3, 0.4) is 0 Å². The zero-order chi connectivity index (χ0) is 11.0. The highest BCUT2D eigenvalue weighted by atomic mass is 32.1. The second-order valence-electron chi connectivity index (χ2n) is 3.81. The molecule has 0 saturated carbocycles. The van der Waals surface area contributed by atoms with Gasteiger partial charge >= 0.3 is 0 Å². The molecule has 0 saturated heterocycles. The van der Waals surface area contributed by atoms with Crippen LogP contribution in [0.4, 0.5) is 0 Å². The Morgan fingerprint density at radius 1 is 1.33 bits per heavy atom. The molecule has 15 heavy (non-hydrogen) atoms. The summed E-state index contributed by atoms with van der Waals surface area (Å²) in [6, 6.07) is 4.07. The van der Waals surface area contributed by atoms with Crippen molar-refractivity contribution in [2.45, 2.75) is 26.8 Å². The summed E-state index contributed by atoms with van der Waals surface area (Å²) >= 11 is 1.70. The normalized spacial score (nSPS) is 13.1. The van der Waals surface area contributed by atoms with E-state index in [4.69, 9.17) is 10.2 Å². The zero-order valence-electron chi connectivity index (χ0n) is 9.20. The molecule has 0 aliphatic heterocycles. The fourth-order valence-electron chi connectivity index (χ4n) is 1.80. The van der Waals surface area contributed by atoms with E-state index in [1.54, 1.807) is 11.3 Å². The molecule has 2 N–H and O–H groups in total. The second kappa shape index (κ2) is 3.83. The molecule has 2 rings (SSSR count). The van der Waals surface area contributed by atoms with Gasteiger partial charge in [-0.2, -0.15) is 0 Å². The summed E-state index contributed by atoms with van der Waals surface area (Å²) in [5, 5.41) is 2.08. The first kappa shape index (κ1) is 10.5. The first-order valence-electron chi connectivity index (χ1n) is 4.96. The van der Waals surface area contributed by atoms with Crippen molar-refractivity contribution in [1.29, 1.82) is 0 Å². The molecule has 0 radical (unpaired) electrons. The van der Waals surface area contributed by atoms with Crippen molar-refractivity contribution in [3.05, 3.63) is 45.0 Å². The predicted molar refractivity (Wildman–Crippen MR) is 63.3 cm³/mol. The topological polar surface area (TPSA) is 39.2 Å². The van der Waals surface area contributed by atoms with Gasteiger partial charge < -0.3 is 10.2 Å². The Morgan fingerprint density at radius 3 is 2.53 bits per heavy atom. The van der Waals surface area contributed by atoms with Crippen molar-refractivity contribution in [1.82, 2.24) is 0 Å². The molecule has 2 aromatic rings. The van der Waals surface area contributed by atoms with Crippen molar-refractivity contribution in [3.8, 4) is 0 Å². The molecule has 0 aliphatic carbocycles. The number of furan rings is 1. The minimum Gasteiger partial charge on any atom is -0.466 e. The molecule has 2 aromatic heterocycles. The van der Waals surface area contributed by atoms with Gasteiger partial charge in [0.15, 0.2) is 0 Å². The Kier molecular flexibility index (Phi) is 2.67. The van der Waals surface area contributed by atoms with Crippen LogP contribution in [0.25, 0.3) is 0 Å². The summed E-state index contributed by atoms with van der Waals surface area (Å²) in [5.41, 5.74) is 8.58. The molecule has 1 atom stereocenters. The summed E-state index contributed by atoms with van der Waals surface area (Å²) in [5.74, 6) is 1.85. The molecule has 3 heteroatoms. The third kappa shape index (κ3) is 1.85. The monoisotopic (exact) mass is 221 g/mol. The SMILES string of the molecule is Cc1cc(C(N)c2sccc2C)c(C)o1. The van der Waals surface area contributed by atoms with Crippen molar-refractivity contribution in [3.63, 3.8) is 0 Å². The number of hydrogen-bond donors (Lipinski definition) is 1. The zero-order valence-corrected chi connectivity index (χ0v) is 10.0. The van der Waals surface area contributed by atoms with Crippen LogP contribution in [-0.4, -0.2) is 0 Å². The summed E-state index contributed by atoms with van der Waals surface area (Å²) in [4.78, 5) is 1.22. The van der Waals surface area contributed by atoms with Crippen LogP contribution in [0.5, 0.6) is 0 Å². The summed E-state index contributed by atoms with van der Waals surface area (Å²) < 4.78 is 5.50. The van der Waals surface area contributed by atoms with Gasteiger partial charge in [0.05, 0.1) is 6.04 Å². The lowest BCUT2D eigenvalue weighted by Crippen LogP contribution is -2.11. The van der Waals surface area contributed by atoms with Crippen LogP contribution >= 0.6 is 11.3 Å². The highest BCUT2D eigenvalue weighted by Gasteiger charge is 2.17. The minimum atomic E-state index is -0.0533. The van der Waals surface area contributed by atoms with Gasteiger partial charge in [-0.15, -0.1) is 11.3 Å². The average Bonchev–Trinajstić information content (AvgIpc) is 2.71. The number of nitrogens with two attached hydrogens (primary N) is 1. The molecule has 1 unspecified atom stereocenters. The molecule has 2 heterocycles. The maximum absolute atomic E-state index is 6.23. The van der Waals surface area contributed by atoms with Crippen LogP contribution in [0, 0.1) is 20.8 Å². The molecule has 80 valence electrons. The van der Waals surface area contributed by atoms with Gasteiger partial charge in [0.1, 0.15) is 11.5 Å². The van der Waals surface area contributed by atoms with Crippen LogP contribution in [0.15, 0.2) is 21.9 Å². The molecule has 0 amide bonds. The Hall–Kier alpha value is -1.06. The van der Waals surface area contributed by atoms with Crippen LogP contribution in [-0.2, 0) is 0 Å². The molecular weight excluding hydrogens is 206 g/mol. The Bertz CT molecular complexity index is 470. The van der Waals surface area contributed by atoms with Gasteiger partial charge in [-0.25, -0.2) is 0 Å². The highest BCUT2D eigenvalue weighted by Crippen LogP contribution is 2.30. The Balaban J connectivity index is 2.40. The van der Waals surface area contributed by atoms with E-state index in [1.807, 2.05) is 19.9 Å². The quantitative estimate of drug-likeness (QED) is 0.845. The van der Waals surface area contributed by atoms with E-state index < -0.39 is 0 Å². The number of aryl methyl sites for hydroxylation is 3. The van der Waals surface area contributed by atoms with E-state index in [2.05, 4.69) is 18.4 Å². The largest absolute Gasteiger partial charge is 0.466 e. The number of hydrogen-bond acceptors (Lipinski definition) is 3. The fraction of sp³-hybridized carbons (Fsp3) is 0.333. The smallest absolute Gasteiger partial charge is 0.106 e. The van der Waals surface area contributed by atoms with Gasteiger partial charge in [0.2, 0.25) is 0 Å². The van der Waals surface area contributed by atoms with E-state index in [0.29, 0.717) is 0 Å². The average molecular weight is 221 g/mol. The third-order valence-corrected chi connectivity index (χ3v) is 3.70. The van der Waals surface area contributed by atoms with Crippen LogP contribution < -0.4 is 5.73 Å². The molecular formula is C12H15NOS. The minimum absolute atomic E-state index is 0.0533. The standard InChI is InChI=1S/C12H15NOS/c1-7-4-5-15-12(7)11(13)10-6-8(2)14-9(10)3/h4-6,11H,13H2,1-3H3. The van der Waals surface area contributed by atoms with E-state index in [0.717, 1.165) is 17.1 Å². The molecule has 0 bridgehead atoms. The summed E-state index contributed by atoms with van der Waals surface area (Å²) in [6.07, 6.45) is 0. The van der Waals surface area contributed by atoms with Gasteiger partial charge in [0, 0.05) is 10.4 Å². The molecule has 2 nitrogen and oxygen atoms in total. The third-order valence-electron chi connectivity index (χ3n) is 2.60. The van der Waals surface area contributed by atoms with Crippen LogP contribution in [0.2, 0.25) is 0 Å². The lowest BCUT2D eigenvalue weighted by molar-refractivity contribution is 0.500. The first-order chi connectivity index (χ1) is 7.09. The molecule has 0 spiro atoms. The van der Waals surface area contributed by atoms with Crippen molar-refractivity contribution in [2.75, 3.05) is 0 Å². The van der Waals surface area contributed by atoms with Gasteiger partial charge in [0.25, 0.3) is 0 Å². The Morgan fingerprint density at radius 2 is 2.07 bits per heavy atom. The van der Waals surface area contributed by atoms with E-state index in [-0.39, 0.29) is 6.04 Å². The van der Waals surface area contributed by atoms with Crippen LogP contribution in [0.1, 0.15) is 33.6 Å². The maximum Gasteiger partial charge on any atom is 0.106 e. The second-order valence-corrected chi connectivity index (χ2v) is 4.76. The maximum atomic E-state index is 6.23. The lowest BCUT2D eigenvalue weighted by Gasteiger charge is -2.09. The van der Waals surface area contributed by atoms with E-state index in [1.165, 1.54) is 10.4 Å². The van der Waals surface area contributed by atoms with E-state index >= 15 is 0 Å². The molecule has 0 fully saturated rings. The highest BCUT2D eigenvalue weighted by molar-refractivity contribution is 7.10. The van der Waals surface area contributed by atoms with E-state index in [9.17, 15) is 0 Å². The van der Waals surface area contributed by atoms with Gasteiger partial charge in [-0.3, -0.25) is 0 Å². The summed E-state index contributed by atoms with van der Waals surface area (Å²) in [6.45, 7) is 6.00. The molecule has 0 aromatic carbocycles. The lowest BCUT2D eigenvalue weighted by atomic mass is 10.0. The fourth-order valence-corrected chi connectivity index (χ4v) is 2.75. The van der Waals surface area contributed by atoms with Crippen molar-refractivity contribution in [2.24, 2.45) is 5.73 Å². The first-order valence-corrected chi connectivity index (χ1v) is 5.84. The number of rotatable bonds is 2. The molecule has 0 aliphatic rings. The Labute approximate surface area is 93.7 Å². The van der Waals surface area contributed by atoms with Crippen molar-refractivity contribution < 1.29 is 4.42 Å². The predicted octanol–water partition coefficient (Wildman–Crippen LogP) is 3.31. The van der Waals surface area contributed by atoms with Gasteiger partial charge in [-0.1, -0.05) is 0 Å². The van der Waals surface area contributed by atoms with Gasteiger partial charge in [-0.05, 0) is 43.8 Å². The number of thiophene rings is 1. The summed E-state index contributed by atoms with van der Waals surface area (Å²) in [7, 11) is 0. The van der Waals surface area contributed by atoms with Crippen molar-refractivity contribution >= 4 is 11.3 Å².